The molecule has 0 bridgehead atoms. The molecule has 0 aliphatic rings. The zero-order valence-corrected chi connectivity index (χ0v) is 10.4. The SMILES string of the molecule is C#CCCCC(NC)c1ncccc1Br. The van der Waals surface area contributed by atoms with Crippen molar-refractivity contribution in [3.63, 3.8) is 0 Å². The largest absolute Gasteiger partial charge is 0.312 e. The van der Waals surface area contributed by atoms with Crippen LogP contribution in [0.1, 0.15) is 31.0 Å². The Morgan fingerprint density at radius 2 is 2.47 bits per heavy atom. The molecule has 3 heteroatoms. The van der Waals surface area contributed by atoms with Crippen molar-refractivity contribution in [2.24, 2.45) is 0 Å². The Morgan fingerprint density at radius 1 is 1.67 bits per heavy atom. The molecule has 1 unspecified atom stereocenters. The van der Waals surface area contributed by atoms with E-state index in [0.29, 0.717) is 0 Å². The fourth-order valence-electron chi connectivity index (χ4n) is 1.48. The predicted octanol–water partition coefficient (Wildman–Crippen LogP) is 2.91. The van der Waals surface area contributed by atoms with Gasteiger partial charge in [-0.15, -0.1) is 12.3 Å². The summed E-state index contributed by atoms with van der Waals surface area (Å²) < 4.78 is 1.05. The van der Waals surface area contributed by atoms with Crippen LogP contribution < -0.4 is 5.32 Å². The lowest BCUT2D eigenvalue weighted by Gasteiger charge is -2.16. The number of hydrogen-bond donors (Lipinski definition) is 1. The van der Waals surface area contributed by atoms with Gasteiger partial charge < -0.3 is 5.32 Å². The van der Waals surface area contributed by atoms with Crippen LogP contribution in [0.5, 0.6) is 0 Å². The summed E-state index contributed by atoms with van der Waals surface area (Å²) in [6, 6.07) is 4.20. The second-order valence-electron chi connectivity index (χ2n) is 3.31. The van der Waals surface area contributed by atoms with E-state index >= 15 is 0 Å². The number of terminal acetylenes is 1. The van der Waals surface area contributed by atoms with Gasteiger partial charge in [-0.05, 0) is 48.0 Å². The summed E-state index contributed by atoms with van der Waals surface area (Å²) in [5.41, 5.74) is 1.05. The molecule has 0 aromatic carbocycles. The fraction of sp³-hybridized carbons (Fsp3) is 0.417. The zero-order valence-electron chi connectivity index (χ0n) is 8.83. The molecular weight excluding hydrogens is 252 g/mol. The van der Waals surface area contributed by atoms with Gasteiger partial charge in [-0.25, -0.2) is 0 Å². The molecule has 0 saturated carbocycles. The average molecular weight is 267 g/mol. The third-order valence-corrected chi connectivity index (χ3v) is 2.95. The first-order chi connectivity index (χ1) is 7.29. The first-order valence-corrected chi connectivity index (χ1v) is 5.80. The van der Waals surface area contributed by atoms with E-state index in [4.69, 9.17) is 6.42 Å². The quantitative estimate of drug-likeness (QED) is 0.655. The van der Waals surface area contributed by atoms with E-state index in [2.05, 4.69) is 32.2 Å². The Bertz CT molecular complexity index is 344. The Balaban J connectivity index is 2.66. The van der Waals surface area contributed by atoms with Crippen molar-refractivity contribution in [3.05, 3.63) is 28.5 Å². The van der Waals surface area contributed by atoms with Crippen molar-refractivity contribution in [1.82, 2.24) is 10.3 Å². The molecule has 0 amide bonds. The van der Waals surface area contributed by atoms with Crippen LogP contribution in [-0.2, 0) is 0 Å². The highest BCUT2D eigenvalue weighted by Crippen LogP contribution is 2.24. The monoisotopic (exact) mass is 266 g/mol. The van der Waals surface area contributed by atoms with Crippen molar-refractivity contribution in [1.29, 1.82) is 0 Å². The minimum Gasteiger partial charge on any atom is -0.312 e. The average Bonchev–Trinajstić information content (AvgIpc) is 2.26. The van der Waals surface area contributed by atoms with E-state index in [-0.39, 0.29) is 6.04 Å². The van der Waals surface area contributed by atoms with Gasteiger partial charge in [0.2, 0.25) is 0 Å². The molecular formula is C12H15BrN2. The Hall–Kier alpha value is -0.850. The summed E-state index contributed by atoms with van der Waals surface area (Å²) in [7, 11) is 1.95. The summed E-state index contributed by atoms with van der Waals surface area (Å²) in [6.07, 6.45) is 9.89. The van der Waals surface area contributed by atoms with Crippen LogP contribution >= 0.6 is 15.9 Å². The van der Waals surface area contributed by atoms with E-state index in [0.717, 1.165) is 29.4 Å². The molecule has 0 aliphatic heterocycles. The minimum absolute atomic E-state index is 0.272. The molecule has 0 spiro atoms. The summed E-state index contributed by atoms with van der Waals surface area (Å²) in [4.78, 5) is 4.37. The van der Waals surface area contributed by atoms with Crippen molar-refractivity contribution in [2.75, 3.05) is 7.05 Å². The van der Waals surface area contributed by atoms with Gasteiger partial charge >= 0.3 is 0 Å². The van der Waals surface area contributed by atoms with Gasteiger partial charge in [-0.2, -0.15) is 0 Å². The molecule has 0 saturated heterocycles. The van der Waals surface area contributed by atoms with Gasteiger partial charge in [0.05, 0.1) is 11.7 Å². The molecule has 1 heterocycles. The lowest BCUT2D eigenvalue weighted by atomic mass is 10.1. The Kier molecular flexibility index (Phi) is 5.38. The minimum atomic E-state index is 0.272. The van der Waals surface area contributed by atoms with Crippen LogP contribution in [0.25, 0.3) is 0 Å². The van der Waals surface area contributed by atoms with E-state index in [1.165, 1.54) is 0 Å². The molecule has 2 nitrogen and oxygen atoms in total. The van der Waals surface area contributed by atoms with Gasteiger partial charge in [-0.1, -0.05) is 0 Å². The number of hydrogen-bond acceptors (Lipinski definition) is 2. The highest BCUT2D eigenvalue weighted by atomic mass is 79.9. The maximum Gasteiger partial charge on any atom is 0.0714 e. The molecule has 15 heavy (non-hydrogen) atoms. The molecule has 1 aromatic heterocycles. The van der Waals surface area contributed by atoms with E-state index in [1.807, 2.05) is 25.4 Å². The number of aromatic nitrogens is 1. The van der Waals surface area contributed by atoms with Crippen LogP contribution in [0, 0.1) is 12.3 Å². The van der Waals surface area contributed by atoms with Gasteiger partial charge in [0.25, 0.3) is 0 Å². The molecule has 1 rings (SSSR count). The Morgan fingerprint density at radius 3 is 3.07 bits per heavy atom. The second-order valence-corrected chi connectivity index (χ2v) is 4.16. The second kappa shape index (κ2) is 6.60. The number of unbranched alkanes of at least 4 members (excludes halogenated alkanes) is 1. The molecule has 0 aliphatic carbocycles. The number of nitrogens with one attached hydrogen (secondary N) is 1. The Labute approximate surface area is 99.6 Å². The van der Waals surface area contributed by atoms with E-state index < -0.39 is 0 Å². The molecule has 1 aromatic rings. The number of rotatable bonds is 5. The van der Waals surface area contributed by atoms with Crippen LogP contribution in [-0.4, -0.2) is 12.0 Å². The lowest BCUT2D eigenvalue weighted by Crippen LogP contribution is -2.18. The third-order valence-electron chi connectivity index (χ3n) is 2.28. The lowest BCUT2D eigenvalue weighted by molar-refractivity contribution is 0.518. The van der Waals surface area contributed by atoms with Crippen LogP contribution in [0.3, 0.4) is 0 Å². The van der Waals surface area contributed by atoms with Crippen LogP contribution in [0.2, 0.25) is 0 Å². The highest BCUT2D eigenvalue weighted by molar-refractivity contribution is 9.10. The first kappa shape index (κ1) is 12.2. The maximum absolute atomic E-state index is 5.23. The molecule has 1 N–H and O–H groups in total. The van der Waals surface area contributed by atoms with Gasteiger partial charge in [0.1, 0.15) is 0 Å². The van der Waals surface area contributed by atoms with Crippen molar-refractivity contribution in [3.8, 4) is 12.3 Å². The molecule has 0 radical (unpaired) electrons. The molecule has 1 atom stereocenters. The standard InChI is InChI=1S/C12H15BrN2/c1-3-4-5-8-11(14-2)12-10(13)7-6-9-15-12/h1,6-7,9,11,14H,4-5,8H2,2H3. The third kappa shape index (κ3) is 3.65. The van der Waals surface area contributed by atoms with Crippen LogP contribution in [0.15, 0.2) is 22.8 Å². The van der Waals surface area contributed by atoms with E-state index in [9.17, 15) is 0 Å². The zero-order chi connectivity index (χ0) is 11.1. The highest BCUT2D eigenvalue weighted by Gasteiger charge is 2.12. The number of halogens is 1. The van der Waals surface area contributed by atoms with Crippen molar-refractivity contribution >= 4 is 15.9 Å². The van der Waals surface area contributed by atoms with E-state index in [1.54, 1.807) is 0 Å². The van der Waals surface area contributed by atoms with Crippen molar-refractivity contribution < 1.29 is 0 Å². The van der Waals surface area contributed by atoms with Gasteiger partial charge in [-0.3, -0.25) is 4.98 Å². The normalized spacial score (nSPS) is 12.1. The van der Waals surface area contributed by atoms with Crippen LogP contribution in [0.4, 0.5) is 0 Å². The number of pyridine rings is 1. The van der Waals surface area contributed by atoms with Gasteiger partial charge in [0.15, 0.2) is 0 Å². The summed E-state index contributed by atoms with van der Waals surface area (Å²) in [5.74, 6) is 2.65. The first-order valence-electron chi connectivity index (χ1n) is 5.00. The number of nitrogens with zero attached hydrogens (tertiary/aromatic N) is 1. The van der Waals surface area contributed by atoms with Crippen molar-refractivity contribution in [2.45, 2.75) is 25.3 Å². The molecule has 0 fully saturated rings. The summed E-state index contributed by atoms with van der Waals surface area (Å²) >= 11 is 3.50. The van der Waals surface area contributed by atoms with Gasteiger partial charge in [0, 0.05) is 17.1 Å². The molecule has 80 valence electrons. The predicted molar refractivity (Wildman–Crippen MR) is 66.4 cm³/mol. The summed E-state index contributed by atoms with van der Waals surface area (Å²) in [5, 5.41) is 3.26. The maximum atomic E-state index is 5.23. The topological polar surface area (TPSA) is 24.9 Å². The fourth-order valence-corrected chi connectivity index (χ4v) is 2.01. The summed E-state index contributed by atoms with van der Waals surface area (Å²) in [6.45, 7) is 0. The smallest absolute Gasteiger partial charge is 0.0714 e.